The lowest BCUT2D eigenvalue weighted by molar-refractivity contribution is -0.138. The van der Waals surface area contributed by atoms with Crippen LogP contribution in [0.4, 0.5) is 0 Å². The summed E-state index contributed by atoms with van der Waals surface area (Å²) < 4.78 is 10.7. The third kappa shape index (κ3) is 2.99. The minimum atomic E-state index is -0.223. The van der Waals surface area contributed by atoms with Gasteiger partial charge in [-0.3, -0.25) is 0 Å². The SMILES string of the molecule is CCOC(=O)C1=C(C)c2[nH]c3ccc(C)cc3c2C(c2ccc(OC)cc2)C1. The number of ether oxygens (including phenoxy) is 2. The predicted octanol–water partition coefficient (Wildman–Crippen LogP) is 5.36. The lowest BCUT2D eigenvalue weighted by Gasteiger charge is -2.26. The monoisotopic (exact) mass is 375 g/mol. The number of aromatic nitrogens is 1. The van der Waals surface area contributed by atoms with Crippen LogP contribution in [0.25, 0.3) is 16.5 Å². The highest BCUT2D eigenvalue weighted by atomic mass is 16.5. The zero-order valence-electron chi connectivity index (χ0n) is 16.8. The molecule has 1 unspecified atom stereocenters. The van der Waals surface area contributed by atoms with Gasteiger partial charge < -0.3 is 14.5 Å². The Morgan fingerprint density at radius 2 is 1.89 bits per heavy atom. The minimum Gasteiger partial charge on any atom is -0.497 e. The fraction of sp³-hybridized carbons (Fsp3) is 0.292. The van der Waals surface area contributed by atoms with Gasteiger partial charge in [-0.15, -0.1) is 0 Å². The second-order valence-corrected chi connectivity index (χ2v) is 7.32. The molecular weight excluding hydrogens is 350 g/mol. The molecule has 4 nitrogen and oxygen atoms in total. The number of nitrogens with one attached hydrogen (secondary N) is 1. The molecule has 0 saturated heterocycles. The van der Waals surface area contributed by atoms with E-state index in [4.69, 9.17) is 9.47 Å². The molecule has 0 aliphatic heterocycles. The summed E-state index contributed by atoms with van der Waals surface area (Å²) in [7, 11) is 1.67. The van der Waals surface area contributed by atoms with Crippen LogP contribution in [0.3, 0.4) is 0 Å². The topological polar surface area (TPSA) is 51.3 Å². The van der Waals surface area contributed by atoms with E-state index in [-0.39, 0.29) is 11.9 Å². The molecule has 3 aromatic rings. The van der Waals surface area contributed by atoms with Gasteiger partial charge in [0.1, 0.15) is 5.75 Å². The average molecular weight is 375 g/mol. The van der Waals surface area contributed by atoms with Crippen LogP contribution in [0, 0.1) is 6.92 Å². The zero-order chi connectivity index (χ0) is 19.8. The molecule has 2 aromatic carbocycles. The quantitative estimate of drug-likeness (QED) is 0.625. The van der Waals surface area contributed by atoms with Crippen molar-refractivity contribution < 1.29 is 14.3 Å². The highest BCUT2D eigenvalue weighted by molar-refractivity contribution is 6.02. The summed E-state index contributed by atoms with van der Waals surface area (Å²) in [5.41, 5.74) is 7.51. The Kier molecular flexibility index (Phi) is 4.71. The maximum Gasteiger partial charge on any atom is 0.334 e. The maximum absolute atomic E-state index is 12.7. The van der Waals surface area contributed by atoms with E-state index in [1.165, 1.54) is 22.1 Å². The number of hydrogen-bond acceptors (Lipinski definition) is 3. The molecule has 4 heteroatoms. The first kappa shape index (κ1) is 18.4. The maximum atomic E-state index is 12.7. The molecule has 0 radical (unpaired) electrons. The third-order valence-electron chi connectivity index (χ3n) is 5.62. The molecule has 0 fully saturated rings. The number of aryl methyl sites for hydroxylation is 1. The number of rotatable bonds is 4. The van der Waals surface area contributed by atoms with Gasteiger partial charge in [-0.05, 0) is 68.2 Å². The fourth-order valence-electron chi connectivity index (χ4n) is 4.17. The van der Waals surface area contributed by atoms with Gasteiger partial charge >= 0.3 is 5.97 Å². The number of esters is 1. The van der Waals surface area contributed by atoms with Gasteiger partial charge in [0.05, 0.1) is 13.7 Å². The molecule has 0 saturated carbocycles. The number of carbonyl (C=O) groups is 1. The Morgan fingerprint density at radius 3 is 2.57 bits per heavy atom. The molecule has 1 aliphatic rings. The van der Waals surface area contributed by atoms with Crippen LogP contribution in [-0.2, 0) is 9.53 Å². The van der Waals surface area contributed by atoms with Crippen LogP contribution >= 0.6 is 0 Å². The smallest absolute Gasteiger partial charge is 0.334 e. The number of methoxy groups -OCH3 is 1. The highest BCUT2D eigenvalue weighted by Crippen LogP contribution is 2.46. The first-order chi connectivity index (χ1) is 13.5. The second kappa shape index (κ2) is 7.19. The number of allylic oxidation sites excluding steroid dienone is 1. The van der Waals surface area contributed by atoms with Gasteiger partial charge in [-0.2, -0.15) is 0 Å². The summed E-state index contributed by atoms with van der Waals surface area (Å²) in [4.78, 5) is 16.2. The van der Waals surface area contributed by atoms with Crippen LogP contribution in [0.5, 0.6) is 5.75 Å². The van der Waals surface area contributed by atoms with Crippen molar-refractivity contribution in [2.24, 2.45) is 0 Å². The summed E-state index contributed by atoms with van der Waals surface area (Å²) >= 11 is 0. The summed E-state index contributed by atoms with van der Waals surface area (Å²) in [5, 5.41) is 1.22. The molecule has 1 atom stereocenters. The molecule has 0 spiro atoms. The fourth-order valence-corrected chi connectivity index (χ4v) is 4.17. The Morgan fingerprint density at radius 1 is 1.14 bits per heavy atom. The summed E-state index contributed by atoms with van der Waals surface area (Å²) in [5.74, 6) is 0.686. The van der Waals surface area contributed by atoms with E-state index >= 15 is 0 Å². The van der Waals surface area contributed by atoms with Crippen LogP contribution in [0.2, 0.25) is 0 Å². The first-order valence-electron chi connectivity index (χ1n) is 9.66. The molecule has 1 heterocycles. The van der Waals surface area contributed by atoms with Gasteiger partial charge in [0.25, 0.3) is 0 Å². The summed E-state index contributed by atoms with van der Waals surface area (Å²) in [6.45, 7) is 6.34. The van der Waals surface area contributed by atoms with E-state index in [0.717, 1.165) is 28.1 Å². The normalized spacial score (nSPS) is 16.2. The van der Waals surface area contributed by atoms with E-state index in [1.807, 2.05) is 26.0 Å². The van der Waals surface area contributed by atoms with Crippen molar-refractivity contribution in [3.05, 3.63) is 70.4 Å². The van der Waals surface area contributed by atoms with Crippen molar-refractivity contribution in [1.82, 2.24) is 4.98 Å². The van der Waals surface area contributed by atoms with Gasteiger partial charge in [-0.1, -0.05) is 23.8 Å². The van der Waals surface area contributed by atoms with E-state index in [9.17, 15) is 4.79 Å². The second-order valence-electron chi connectivity index (χ2n) is 7.32. The van der Waals surface area contributed by atoms with E-state index in [2.05, 4.69) is 42.2 Å². The molecule has 0 amide bonds. The third-order valence-corrected chi connectivity index (χ3v) is 5.62. The van der Waals surface area contributed by atoms with E-state index in [0.29, 0.717) is 13.0 Å². The number of H-pyrrole nitrogens is 1. The standard InChI is InChI=1S/C24H25NO3/c1-5-28-24(26)18-13-19(16-7-9-17(27-4)10-8-16)22-20-12-14(2)6-11-21(20)25-23(22)15(18)3/h6-12,19,25H,5,13H2,1-4H3. The number of carbonyl (C=O) groups excluding carboxylic acids is 1. The molecule has 144 valence electrons. The molecule has 28 heavy (non-hydrogen) atoms. The minimum absolute atomic E-state index is 0.0829. The van der Waals surface area contributed by atoms with Crippen molar-refractivity contribution in [3.8, 4) is 5.75 Å². The zero-order valence-corrected chi connectivity index (χ0v) is 16.8. The lowest BCUT2D eigenvalue weighted by Crippen LogP contribution is -2.18. The Labute approximate surface area is 165 Å². The van der Waals surface area contributed by atoms with Crippen LogP contribution in [-0.4, -0.2) is 24.7 Å². The van der Waals surface area contributed by atoms with Crippen LogP contribution in [0.1, 0.15) is 48.6 Å². The van der Waals surface area contributed by atoms with Gasteiger partial charge in [0.15, 0.2) is 0 Å². The number of hydrogen-bond donors (Lipinski definition) is 1. The highest BCUT2D eigenvalue weighted by Gasteiger charge is 2.33. The van der Waals surface area contributed by atoms with Crippen LogP contribution < -0.4 is 4.74 Å². The first-order valence-corrected chi connectivity index (χ1v) is 9.66. The molecule has 1 aliphatic carbocycles. The largest absolute Gasteiger partial charge is 0.497 e. The lowest BCUT2D eigenvalue weighted by atomic mass is 9.77. The number of fused-ring (bicyclic) bond motifs is 3. The Bertz CT molecular complexity index is 1070. The molecule has 4 rings (SSSR count). The molecule has 0 bridgehead atoms. The number of benzene rings is 2. The predicted molar refractivity (Wildman–Crippen MR) is 112 cm³/mol. The Balaban J connectivity index is 1.93. The van der Waals surface area contributed by atoms with Crippen molar-refractivity contribution in [2.75, 3.05) is 13.7 Å². The van der Waals surface area contributed by atoms with Gasteiger partial charge in [0.2, 0.25) is 0 Å². The molecular formula is C24H25NO3. The van der Waals surface area contributed by atoms with Crippen molar-refractivity contribution >= 4 is 22.4 Å². The summed E-state index contributed by atoms with van der Waals surface area (Å²) in [6, 6.07) is 14.6. The Hall–Kier alpha value is -3.01. The average Bonchev–Trinajstić information content (AvgIpc) is 3.08. The van der Waals surface area contributed by atoms with Crippen molar-refractivity contribution in [2.45, 2.75) is 33.1 Å². The van der Waals surface area contributed by atoms with Crippen molar-refractivity contribution in [3.63, 3.8) is 0 Å². The molecule has 1 N–H and O–H groups in total. The van der Waals surface area contributed by atoms with Crippen molar-refractivity contribution in [1.29, 1.82) is 0 Å². The van der Waals surface area contributed by atoms with E-state index < -0.39 is 0 Å². The molecule has 1 aromatic heterocycles. The van der Waals surface area contributed by atoms with Gasteiger partial charge in [0, 0.05) is 28.1 Å². The van der Waals surface area contributed by atoms with Crippen LogP contribution in [0.15, 0.2) is 48.0 Å². The van der Waals surface area contributed by atoms with Gasteiger partial charge in [-0.25, -0.2) is 4.79 Å². The van der Waals surface area contributed by atoms with E-state index in [1.54, 1.807) is 7.11 Å². The summed E-state index contributed by atoms with van der Waals surface area (Å²) in [6.07, 6.45) is 0.630. The number of aromatic amines is 1.